The number of furan rings is 1. The molecular weight excluding hydrogens is 378 g/mol. The number of nitrogens with one attached hydrogen (secondary N) is 2. The van der Waals surface area contributed by atoms with Gasteiger partial charge in [-0.25, -0.2) is 0 Å². The Hall–Kier alpha value is -2.31. The Morgan fingerprint density at radius 1 is 1.14 bits per heavy atom. The van der Waals surface area contributed by atoms with Crippen molar-refractivity contribution in [2.45, 2.75) is 46.1 Å². The minimum atomic E-state index is -0.575. The molecule has 2 amide bonds. The highest BCUT2D eigenvalue weighted by Gasteiger charge is 2.41. The smallest absolute Gasteiger partial charge is 0.254 e. The van der Waals surface area contributed by atoms with Crippen LogP contribution in [0.5, 0.6) is 0 Å². The van der Waals surface area contributed by atoms with E-state index in [0.29, 0.717) is 17.9 Å². The maximum absolute atomic E-state index is 13.0. The van der Waals surface area contributed by atoms with Gasteiger partial charge in [0.15, 0.2) is 0 Å². The Morgan fingerprint density at radius 2 is 1.86 bits per heavy atom. The molecule has 0 unspecified atom stereocenters. The lowest BCUT2D eigenvalue weighted by Gasteiger charge is -2.28. The van der Waals surface area contributed by atoms with Crippen molar-refractivity contribution in [2.75, 3.05) is 11.9 Å². The first kappa shape index (κ1) is 22.0. The van der Waals surface area contributed by atoms with Gasteiger partial charge in [-0.15, -0.1) is 12.4 Å². The lowest BCUT2D eigenvalue weighted by Crippen LogP contribution is -2.44. The molecule has 1 heterocycles. The summed E-state index contributed by atoms with van der Waals surface area (Å²) in [7, 11) is 0. The van der Waals surface area contributed by atoms with E-state index in [1.807, 2.05) is 32.0 Å². The third-order valence-corrected chi connectivity index (χ3v) is 5.51. The van der Waals surface area contributed by atoms with Crippen molar-refractivity contribution in [3.05, 3.63) is 53.0 Å². The minimum absolute atomic E-state index is 0. The van der Waals surface area contributed by atoms with Gasteiger partial charge in [-0.05, 0) is 56.0 Å². The quantitative estimate of drug-likeness (QED) is 0.682. The van der Waals surface area contributed by atoms with Gasteiger partial charge in [0.05, 0.1) is 17.5 Å². The normalized spacial score (nSPS) is 15.0. The minimum Gasteiger partial charge on any atom is -0.467 e. The summed E-state index contributed by atoms with van der Waals surface area (Å²) in [6, 6.07) is 7.53. The number of anilines is 1. The molecule has 0 atom stereocenters. The van der Waals surface area contributed by atoms with E-state index < -0.39 is 5.41 Å². The molecule has 1 aromatic carbocycles. The third-order valence-electron chi connectivity index (χ3n) is 5.51. The Labute approximate surface area is 171 Å². The van der Waals surface area contributed by atoms with Gasteiger partial charge < -0.3 is 20.8 Å². The molecule has 2 aromatic rings. The second kappa shape index (κ2) is 9.26. The van der Waals surface area contributed by atoms with E-state index in [1.165, 1.54) is 11.8 Å². The molecule has 3 rings (SSSR count). The summed E-state index contributed by atoms with van der Waals surface area (Å²) < 4.78 is 5.21. The highest BCUT2D eigenvalue weighted by molar-refractivity contribution is 5.97. The molecule has 0 aliphatic heterocycles. The summed E-state index contributed by atoms with van der Waals surface area (Å²) in [6.07, 6.45) is 4.90. The first-order valence-electron chi connectivity index (χ1n) is 9.38. The molecule has 1 saturated carbocycles. The average Bonchev–Trinajstić information content (AvgIpc) is 3.33. The maximum atomic E-state index is 13.0. The van der Waals surface area contributed by atoms with Gasteiger partial charge >= 0.3 is 0 Å². The number of rotatable bonds is 6. The topological polar surface area (TPSA) is 97.4 Å². The summed E-state index contributed by atoms with van der Waals surface area (Å²) in [5.41, 5.74) is 8.49. The number of aryl methyl sites for hydroxylation is 2. The van der Waals surface area contributed by atoms with Gasteiger partial charge in [0.2, 0.25) is 5.91 Å². The second-order valence-corrected chi connectivity index (χ2v) is 7.43. The van der Waals surface area contributed by atoms with Crippen molar-refractivity contribution in [3.8, 4) is 0 Å². The third kappa shape index (κ3) is 4.75. The van der Waals surface area contributed by atoms with Crippen LogP contribution in [-0.2, 0) is 11.3 Å². The molecule has 4 N–H and O–H groups in total. The molecule has 152 valence electrons. The predicted molar refractivity (Wildman–Crippen MR) is 112 cm³/mol. The molecule has 7 heteroatoms. The number of amides is 2. The molecule has 1 aromatic heterocycles. The number of hydrogen-bond acceptors (Lipinski definition) is 4. The van der Waals surface area contributed by atoms with Crippen LogP contribution in [0.25, 0.3) is 0 Å². The van der Waals surface area contributed by atoms with Crippen LogP contribution >= 0.6 is 12.4 Å². The van der Waals surface area contributed by atoms with Crippen LogP contribution in [0.4, 0.5) is 5.69 Å². The number of benzene rings is 1. The Kier molecular flexibility index (Phi) is 7.27. The van der Waals surface area contributed by atoms with Crippen LogP contribution in [0.2, 0.25) is 0 Å². The van der Waals surface area contributed by atoms with E-state index >= 15 is 0 Å². The summed E-state index contributed by atoms with van der Waals surface area (Å²) in [4.78, 5) is 25.4. The molecule has 0 radical (unpaired) electrons. The summed E-state index contributed by atoms with van der Waals surface area (Å²) in [6.45, 7) is 4.62. The standard InChI is InChI=1S/C21H27N3O3.ClH/c1-14-5-6-17(9-15(14)2)24-20(26)21(7-3-4-8-21)13-23-19(25)16-10-18(11-22)27-12-16;/h5-6,9-10,12H,3-4,7-8,11,13,22H2,1-2H3,(H,23,25)(H,24,26);1H. The lowest BCUT2D eigenvalue weighted by atomic mass is 9.84. The summed E-state index contributed by atoms with van der Waals surface area (Å²) in [5, 5.41) is 5.95. The highest BCUT2D eigenvalue weighted by Crippen LogP contribution is 2.39. The molecule has 1 aliphatic rings. The van der Waals surface area contributed by atoms with Gasteiger partial charge in [0, 0.05) is 12.2 Å². The molecule has 0 bridgehead atoms. The van der Waals surface area contributed by atoms with Gasteiger partial charge in [-0.1, -0.05) is 18.9 Å². The van der Waals surface area contributed by atoms with E-state index in [9.17, 15) is 9.59 Å². The molecule has 28 heavy (non-hydrogen) atoms. The van der Waals surface area contributed by atoms with E-state index in [2.05, 4.69) is 10.6 Å². The van der Waals surface area contributed by atoms with Crippen LogP contribution in [-0.4, -0.2) is 18.4 Å². The predicted octanol–water partition coefficient (Wildman–Crippen LogP) is 3.71. The van der Waals surface area contributed by atoms with Crippen LogP contribution in [0, 0.1) is 19.3 Å². The van der Waals surface area contributed by atoms with Crippen molar-refractivity contribution in [1.29, 1.82) is 0 Å². The van der Waals surface area contributed by atoms with E-state index in [1.54, 1.807) is 6.07 Å². The van der Waals surface area contributed by atoms with Gasteiger partial charge in [0.1, 0.15) is 12.0 Å². The van der Waals surface area contributed by atoms with E-state index in [4.69, 9.17) is 10.2 Å². The fourth-order valence-electron chi connectivity index (χ4n) is 3.58. The highest BCUT2D eigenvalue weighted by atomic mass is 35.5. The molecule has 0 saturated heterocycles. The van der Waals surface area contributed by atoms with Gasteiger partial charge in [0.25, 0.3) is 5.91 Å². The number of carbonyl (C=O) groups excluding carboxylic acids is 2. The van der Waals surface area contributed by atoms with Crippen molar-refractivity contribution >= 4 is 29.9 Å². The number of nitrogens with two attached hydrogens (primary N) is 1. The van der Waals surface area contributed by atoms with Crippen LogP contribution in [0.15, 0.2) is 34.9 Å². The van der Waals surface area contributed by atoms with Gasteiger partial charge in [-0.2, -0.15) is 0 Å². The summed E-state index contributed by atoms with van der Waals surface area (Å²) in [5.74, 6) is 0.283. The first-order valence-corrected chi connectivity index (χ1v) is 9.38. The van der Waals surface area contributed by atoms with Crippen LogP contribution < -0.4 is 16.4 Å². The van der Waals surface area contributed by atoms with Crippen LogP contribution in [0.1, 0.15) is 52.9 Å². The second-order valence-electron chi connectivity index (χ2n) is 7.43. The molecule has 6 nitrogen and oxygen atoms in total. The zero-order valence-electron chi connectivity index (χ0n) is 16.3. The zero-order valence-corrected chi connectivity index (χ0v) is 17.2. The van der Waals surface area contributed by atoms with Crippen molar-refractivity contribution in [1.82, 2.24) is 5.32 Å². The Bertz CT molecular complexity index is 841. The van der Waals surface area contributed by atoms with Crippen molar-refractivity contribution < 1.29 is 14.0 Å². The zero-order chi connectivity index (χ0) is 19.4. The first-order chi connectivity index (χ1) is 12.9. The van der Waals surface area contributed by atoms with Crippen molar-refractivity contribution in [2.24, 2.45) is 11.1 Å². The molecular formula is C21H28ClN3O3. The number of halogens is 1. The fraction of sp³-hybridized carbons (Fsp3) is 0.429. The fourth-order valence-corrected chi connectivity index (χ4v) is 3.58. The van der Waals surface area contributed by atoms with E-state index in [0.717, 1.165) is 36.9 Å². The molecule has 1 fully saturated rings. The van der Waals surface area contributed by atoms with E-state index in [-0.39, 0.29) is 30.8 Å². The Morgan fingerprint density at radius 3 is 2.46 bits per heavy atom. The average molecular weight is 406 g/mol. The maximum Gasteiger partial charge on any atom is 0.254 e. The monoisotopic (exact) mass is 405 g/mol. The largest absolute Gasteiger partial charge is 0.467 e. The Balaban J connectivity index is 0.00000280. The van der Waals surface area contributed by atoms with Crippen molar-refractivity contribution in [3.63, 3.8) is 0 Å². The lowest BCUT2D eigenvalue weighted by molar-refractivity contribution is -0.125. The molecule has 0 spiro atoms. The number of hydrogen-bond donors (Lipinski definition) is 3. The molecule has 1 aliphatic carbocycles. The number of carbonyl (C=O) groups is 2. The summed E-state index contributed by atoms with van der Waals surface area (Å²) >= 11 is 0. The van der Waals surface area contributed by atoms with Gasteiger partial charge in [-0.3, -0.25) is 9.59 Å². The van der Waals surface area contributed by atoms with Crippen LogP contribution in [0.3, 0.4) is 0 Å². The SMILES string of the molecule is Cc1ccc(NC(=O)C2(CNC(=O)c3coc(CN)c3)CCCC2)cc1C.Cl.